The van der Waals surface area contributed by atoms with Crippen LogP contribution >= 0.6 is 0 Å². The van der Waals surface area contributed by atoms with Crippen molar-refractivity contribution >= 4 is 35.2 Å². The van der Waals surface area contributed by atoms with Crippen molar-refractivity contribution in [2.75, 3.05) is 5.32 Å². The van der Waals surface area contributed by atoms with Gasteiger partial charge < -0.3 is 5.32 Å². The molecule has 1 aromatic rings. The van der Waals surface area contributed by atoms with Crippen molar-refractivity contribution in [3.8, 4) is 0 Å². The number of fused-ring (bicyclic) bond motifs is 1. The standard InChI is InChI=1S/C21H22N4O4/c1-10(26)22-12-6-4-11(5-7-12)15-16-13(8-21(2,3)9-14(16)27)23-18-17(15)19(28)25-20(29)24-18/h4-7,15,17H,8-9H2,1-3H3,(H,22,26)(H2,23,24,25,28,29). The highest BCUT2D eigenvalue weighted by atomic mass is 16.2. The highest BCUT2D eigenvalue weighted by molar-refractivity contribution is 6.20. The van der Waals surface area contributed by atoms with E-state index < -0.39 is 23.8 Å². The summed E-state index contributed by atoms with van der Waals surface area (Å²) < 4.78 is 0. The van der Waals surface area contributed by atoms with Gasteiger partial charge in [0.05, 0.1) is 5.70 Å². The Balaban J connectivity index is 1.83. The molecule has 1 saturated heterocycles. The van der Waals surface area contributed by atoms with Gasteiger partial charge in [-0.05, 0) is 29.5 Å². The topological polar surface area (TPSA) is 117 Å². The summed E-state index contributed by atoms with van der Waals surface area (Å²) in [6.07, 6.45) is 0.958. The highest BCUT2D eigenvalue weighted by Crippen LogP contribution is 2.47. The molecule has 0 saturated carbocycles. The quantitative estimate of drug-likeness (QED) is 0.713. The Morgan fingerprint density at radius 3 is 2.41 bits per heavy atom. The Bertz CT molecular complexity index is 1000. The van der Waals surface area contributed by atoms with E-state index in [4.69, 9.17) is 0 Å². The summed E-state index contributed by atoms with van der Waals surface area (Å²) in [5.74, 6) is -1.75. The zero-order chi connectivity index (χ0) is 20.9. The van der Waals surface area contributed by atoms with E-state index in [1.165, 1.54) is 6.92 Å². The number of amidine groups is 1. The lowest BCUT2D eigenvalue weighted by Gasteiger charge is -2.40. The fourth-order valence-electron chi connectivity index (χ4n) is 4.35. The molecule has 2 unspecified atom stereocenters. The lowest BCUT2D eigenvalue weighted by molar-refractivity contribution is -0.123. The van der Waals surface area contributed by atoms with E-state index in [0.29, 0.717) is 29.8 Å². The number of carbonyl (C=O) groups is 4. The van der Waals surface area contributed by atoms with Crippen molar-refractivity contribution in [2.45, 2.75) is 39.5 Å². The number of benzene rings is 1. The van der Waals surface area contributed by atoms with E-state index >= 15 is 0 Å². The zero-order valence-corrected chi connectivity index (χ0v) is 16.5. The van der Waals surface area contributed by atoms with Crippen LogP contribution < -0.4 is 16.0 Å². The third kappa shape index (κ3) is 3.46. The predicted octanol–water partition coefficient (Wildman–Crippen LogP) is 2.24. The SMILES string of the molecule is CC(=O)Nc1ccc(C2C3=C(CC(C)(C)CC3=O)N=C3NC(=O)NC(=O)C32)cc1. The van der Waals surface area contributed by atoms with Gasteiger partial charge in [0.2, 0.25) is 11.8 Å². The molecule has 4 amide bonds. The van der Waals surface area contributed by atoms with Crippen LogP contribution in [0.5, 0.6) is 0 Å². The number of allylic oxidation sites excluding steroid dienone is 2. The molecule has 8 heteroatoms. The second kappa shape index (κ2) is 6.65. The Labute approximate surface area is 167 Å². The fourth-order valence-corrected chi connectivity index (χ4v) is 4.35. The average Bonchev–Trinajstić information content (AvgIpc) is 2.58. The van der Waals surface area contributed by atoms with E-state index in [-0.39, 0.29) is 22.9 Å². The normalized spacial score (nSPS) is 25.3. The predicted molar refractivity (Wildman–Crippen MR) is 106 cm³/mol. The van der Waals surface area contributed by atoms with Gasteiger partial charge in [0, 0.05) is 30.5 Å². The fraction of sp³-hybridized carbons (Fsp3) is 0.381. The molecule has 29 heavy (non-hydrogen) atoms. The van der Waals surface area contributed by atoms with E-state index in [0.717, 1.165) is 5.56 Å². The molecule has 2 atom stereocenters. The molecule has 0 radical (unpaired) electrons. The van der Waals surface area contributed by atoms with Crippen molar-refractivity contribution in [1.29, 1.82) is 0 Å². The number of rotatable bonds is 2. The molecule has 2 heterocycles. The molecular weight excluding hydrogens is 372 g/mol. The number of nitrogens with one attached hydrogen (secondary N) is 3. The molecule has 1 aliphatic carbocycles. The summed E-state index contributed by atoms with van der Waals surface area (Å²) in [5.41, 5.74) is 2.30. The lowest BCUT2D eigenvalue weighted by atomic mass is 9.67. The third-order valence-corrected chi connectivity index (χ3v) is 5.44. The maximum Gasteiger partial charge on any atom is 0.326 e. The van der Waals surface area contributed by atoms with Crippen LogP contribution in [0.2, 0.25) is 0 Å². The van der Waals surface area contributed by atoms with Gasteiger partial charge in [-0.15, -0.1) is 0 Å². The molecule has 0 bridgehead atoms. The van der Waals surface area contributed by atoms with Gasteiger partial charge >= 0.3 is 6.03 Å². The number of amides is 4. The molecule has 3 aliphatic rings. The molecule has 4 rings (SSSR count). The Hall–Kier alpha value is -3.29. The van der Waals surface area contributed by atoms with Crippen LogP contribution in [-0.4, -0.2) is 29.5 Å². The molecule has 8 nitrogen and oxygen atoms in total. The van der Waals surface area contributed by atoms with Gasteiger partial charge in [-0.1, -0.05) is 26.0 Å². The van der Waals surface area contributed by atoms with Crippen molar-refractivity contribution < 1.29 is 19.2 Å². The zero-order valence-electron chi connectivity index (χ0n) is 16.5. The number of anilines is 1. The number of nitrogens with zero attached hydrogens (tertiary/aromatic N) is 1. The molecule has 0 aromatic heterocycles. The summed E-state index contributed by atoms with van der Waals surface area (Å²) >= 11 is 0. The largest absolute Gasteiger partial charge is 0.326 e. The van der Waals surface area contributed by atoms with Gasteiger partial charge in [0.25, 0.3) is 0 Å². The smallest absolute Gasteiger partial charge is 0.326 e. The van der Waals surface area contributed by atoms with E-state index in [2.05, 4.69) is 20.9 Å². The number of urea groups is 1. The summed E-state index contributed by atoms with van der Waals surface area (Å²) in [4.78, 5) is 53.4. The number of imide groups is 1. The van der Waals surface area contributed by atoms with Gasteiger partial charge in [-0.2, -0.15) is 0 Å². The molecule has 3 N–H and O–H groups in total. The molecule has 1 fully saturated rings. The number of ketones is 1. The van der Waals surface area contributed by atoms with E-state index in [1.807, 2.05) is 13.8 Å². The van der Waals surface area contributed by atoms with Crippen LogP contribution in [0, 0.1) is 11.3 Å². The molecule has 2 aliphatic heterocycles. The summed E-state index contributed by atoms with van der Waals surface area (Å²) in [6.45, 7) is 5.43. The Kier molecular flexibility index (Phi) is 4.37. The van der Waals surface area contributed by atoms with Crippen molar-refractivity contribution in [3.05, 3.63) is 41.1 Å². The Morgan fingerprint density at radius 2 is 1.76 bits per heavy atom. The average molecular weight is 394 g/mol. The van der Waals surface area contributed by atoms with Crippen LogP contribution in [0.25, 0.3) is 0 Å². The van der Waals surface area contributed by atoms with E-state index in [9.17, 15) is 19.2 Å². The first-order valence-corrected chi connectivity index (χ1v) is 9.49. The van der Waals surface area contributed by atoms with Gasteiger partial charge in [-0.3, -0.25) is 25.0 Å². The monoisotopic (exact) mass is 394 g/mol. The first-order chi connectivity index (χ1) is 13.6. The number of Topliss-reactive ketones (excluding diaryl/α,β-unsaturated/α-hetero) is 1. The lowest BCUT2D eigenvalue weighted by Crippen LogP contribution is -2.59. The minimum absolute atomic E-state index is 0.0281. The van der Waals surface area contributed by atoms with Crippen LogP contribution in [-0.2, 0) is 14.4 Å². The summed E-state index contributed by atoms with van der Waals surface area (Å²) in [7, 11) is 0. The second-order valence-corrected chi connectivity index (χ2v) is 8.50. The number of aliphatic imine (C=N–C) groups is 1. The van der Waals surface area contributed by atoms with Crippen LogP contribution in [0.3, 0.4) is 0 Å². The van der Waals surface area contributed by atoms with Gasteiger partial charge in [-0.25, -0.2) is 9.79 Å². The maximum atomic E-state index is 13.1. The van der Waals surface area contributed by atoms with Crippen LogP contribution in [0.15, 0.2) is 40.5 Å². The maximum absolute atomic E-state index is 13.1. The second-order valence-electron chi connectivity index (χ2n) is 8.50. The first kappa shape index (κ1) is 19.0. The van der Waals surface area contributed by atoms with Crippen molar-refractivity contribution in [1.82, 2.24) is 10.6 Å². The molecule has 1 aromatic carbocycles. The van der Waals surface area contributed by atoms with Crippen LogP contribution in [0.1, 0.15) is 45.1 Å². The minimum atomic E-state index is -0.789. The first-order valence-electron chi connectivity index (χ1n) is 9.49. The summed E-state index contributed by atoms with van der Waals surface area (Å²) in [5, 5.41) is 7.62. The third-order valence-electron chi connectivity index (χ3n) is 5.44. The number of hydrogen-bond acceptors (Lipinski definition) is 5. The highest BCUT2D eigenvalue weighted by Gasteiger charge is 2.48. The number of hydrogen-bond donors (Lipinski definition) is 3. The molecule has 150 valence electrons. The molecular formula is C21H22N4O4. The van der Waals surface area contributed by atoms with Gasteiger partial charge in [0.15, 0.2) is 5.78 Å². The van der Waals surface area contributed by atoms with E-state index in [1.54, 1.807) is 24.3 Å². The number of carbonyl (C=O) groups excluding carboxylic acids is 4. The Morgan fingerprint density at radius 1 is 1.07 bits per heavy atom. The molecule has 0 spiro atoms. The summed E-state index contributed by atoms with van der Waals surface area (Å²) in [6, 6.07) is 6.44. The van der Waals surface area contributed by atoms with Gasteiger partial charge in [0.1, 0.15) is 11.8 Å². The van der Waals surface area contributed by atoms with Crippen molar-refractivity contribution in [3.63, 3.8) is 0 Å². The van der Waals surface area contributed by atoms with Crippen LogP contribution in [0.4, 0.5) is 10.5 Å². The van der Waals surface area contributed by atoms with Crippen molar-refractivity contribution in [2.24, 2.45) is 16.3 Å². The minimum Gasteiger partial charge on any atom is -0.326 e.